The van der Waals surface area contributed by atoms with Crippen LogP contribution in [-0.4, -0.2) is 44.4 Å². The zero-order valence-corrected chi connectivity index (χ0v) is 14.1. The number of ether oxygens (including phenoxy) is 3. The normalized spacial score (nSPS) is 35.7. The minimum atomic E-state index is -3.41. The van der Waals surface area contributed by atoms with E-state index in [0.717, 1.165) is 12.8 Å². The molecule has 1 aromatic carbocycles. The zero-order chi connectivity index (χ0) is 16.2. The summed E-state index contributed by atoms with van der Waals surface area (Å²) in [7, 11) is -3.41. The van der Waals surface area contributed by atoms with E-state index in [0.29, 0.717) is 31.0 Å². The van der Waals surface area contributed by atoms with E-state index in [4.69, 9.17) is 14.2 Å². The average molecular weight is 338 g/mol. The highest BCUT2D eigenvalue weighted by molar-refractivity contribution is 7.91. The lowest BCUT2D eigenvalue weighted by molar-refractivity contribution is -0.269. The van der Waals surface area contributed by atoms with Crippen LogP contribution in [0.3, 0.4) is 0 Å². The molecule has 3 heterocycles. The van der Waals surface area contributed by atoms with Gasteiger partial charge in [-0.05, 0) is 31.9 Å². The van der Waals surface area contributed by atoms with Crippen LogP contribution in [0.25, 0.3) is 0 Å². The van der Waals surface area contributed by atoms with Crippen LogP contribution in [0.4, 0.5) is 0 Å². The number of fused-ring (bicyclic) bond motifs is 2. The minimum absolute atomic E-state index is 0.0198. The largest absolute Gasteiger partial charge is 0.367 e. The van der Waals surface area contributed by atoms with Gasteiger partial charge in [0.05, 0.1) is 35.1 Å². The summed E-state index contributed by atoms with van der Waals surface area (Å²) in [5.41, 5.74) is -1.08. The molecule has 3 saturated heterocycles. The molecule has 6 heteroatoms. The molecule has 0 N–H and O–H groups in total. The van der Waals surface area contributed by atoms with Crippen molar-refractivity contribution in [1.82, 2.24) is 0 Å². The van der Waals surface area contributed by atoms with Crippen LogP contribution >= 0.6 is 0 Å². The van der Waals surface area contributed by atoms with Crippen molar-refractivity contribution in [3.05, 3.63) is 30.3 Å². The lowest BCUT2D eigenvalue weighted by Gasteiger charge is -2.46. The van der Waals surface area contributed by atoms with Crippen molar-refractivity contribution in [3.8, 4) is 0 Å². The molecule has 2 bridgehead atoms. The molecule has 3 aliphatic heterocycles. The van der Waals surface area contributed by atoms with Crippen LogP contribution in [0.1, 0.15) is 32.6 Å². The molecule has 4 rings (SSSR count). The lowest BCUT2D eigenvalue weighted by atomic mass is 9.89. The molecule has 1 spiro atoms. The minimum Gasteiger partial charge on any atom is -0.367 e. The summed E-state index contributed by atoms with van der Waals surface area (Å²) in [6.45, 7) is 3.17. The first-order valence-corrected chi connectivity index (χ1v) is 9.76. The van der Waals surface area contributed by atoms with Crippen LogP contribution < -0.4 is 0 Å². The molecule has 0 aromatic heterocycles. The quantitative estimate of drug-likeness (QED) is 0.846. The maximum Gasteiger partial charge on any atom is 0.181 e. The van der Waals surface area contributed by atoms with E-state index in [1.165, 1.54) is 0 Å². The van der Waals surface area contributed by atoms with Gasteiger partial charge in [-0.15, -0.1) is 0 Å². The lowest BCUT2D eigenvalue weighted by Crippen LogP contribution is -2.55. The van der Waals surface area contributed by atoms with E-state index in [1.807, 2.05) is 13.0 Å². The molecule has 3 aliphatic rings. The predicted molar refractivity (Wildman–Crippen MR) is 83.8 cm³/mol. The summed E-state index contributed by atoms with van der Waals surface area (Å²) in [6.07, 6.45) is 2.73. The SMILES string of the molecule is C[C@@]12CC[C@@](CS(=O)(=O)c3ccccc3)(CC3(C1)OCCO3)O2. The molecule has 0 aliphatic carbocycles. The van der Waals surface area contributed by atoms with Crippen molar-refractivity contribution >= 4 is 9.84 Å². The number of hydrogen-bond acceptors (Lipinski definition) is 5. The highest BCUT2D eigenvalue weighted by Gasteiger charge is 2.61. The second kappa shape index (κ2) is 5.02. The molecule has 23 heavy (non-hydrogen) atoms. The average Bonchev–Trinajstić information content (AvgIpc) is 3.01. The Bertz CT molecular complexity index is 695. The Balaban J connectivity index is 1.65. The standard InChI is InChI=1S/C17H22O5S/c1-15-7-8-16(22-15,12-17(11-15)20-9-10-21-17)13-23(18,19)14-5-3-2-4-6-14/h2-6H,7-13H2,1H3/t15-,16+/m1/s1. The van der Waals surface area contributed by atoms with Crippen molar-refractivity contribution in [3.63, 3.8) is 0 Å². The third kappa shape index (κ3) is 2.71. The summed E-state index contributed by atoms with van der Waals surface area (Å²) >= 11 is 0. The van der Waals surface area contributed by atoms with Gasteiger partial charge >= 0.3 is 0 Å². The maximum absolute atomic E-state index is 12.8. The Morgan fingerprint density at radius 3 is 2.43 bits per heavy atom. The summed E-state index contributed by atoms with van der Waals surface area (Å²) in [5.74, 6) is -0.691. The number of rotatable bonds is 3. The van der Waals surface area contributed by atoms with E-state index in [9.17, 15) is 8.42 Å². The molecule has 2 atom stereocenters. The van der Waals surface area contributed by atoms with E-state index >= 15 is 0 Å². The molecule has 0 radical (unpaired) electrons. The van der Waals surface area contributed by atoms with Crippen LogP contribution in [-0.2, 0) is 24.0 Å². The maximum atomic E-state index is 12.8. The fraction of sp³-hybridized carbons (Fsp3) is 0.647. The van der Waals surface area contributed by atoms with E-state index in [1.54, 1.807) is 24.3 Å². The Labute approximate surface area is 136 Å². The summed E-state index contributed by atoms with van der Waals surface area (Å²) in [5, 5.41) is 0. The Morgan fingerprint density at radius 1 is 1.04 bits per heavy atom. The molecule has 3 fully saturated rings. The third-order valence-electron chi connectivity index (χ3n) is 5.18. The first-order chi connectivity index (χ1) is 10.8. The van der Waals surface area contributed by atoms with Crippen molar-refractivity contribution in [2.24, 2.45) is 0 Å². The van der Waals surface area contributed by atoms with E-state index < -0.39 is 21.2 Å². The van der Waals surface area contributed by atoms with Crippen LogP contribution in [0, 0.1) is 0 Å². The summed E-state index contributed by atoms with van der Waals surface area (Å²) in [4.78, 5) is 0.347. The summed E-state index contributed by atoms with van der Waals surface area (Å²) in [6, 6.07) is 8.59. The van der Waals surface area contributed by atoms with Gasteiger partial charge < -0.3 is 14.2 Å². The van der Waals surface area contributed by atoms with Gasteiger partial charge in [-0.1, -0.05) is 18.2 Å². The molecular formula is C17H22O5S. The second-order valence-corrected chi connectivity index (χ2v) is 9.26. The fourth-order valence-corrected chi connectivity index (χ4v) is 6.14. The smallest absolute Gasteiger partial charge is 0.181 e. The van der Waals surface area contributed by atoms with Gasteiger partial charge in [0, 0.05) is 12.8 Å². The molecule has 1 aromatic rings. The van der Waals surface area contributed by atoms with Gasteiger partial charge in [-0.2, -0.15) is 0 Å². The van der Waals surface area contributed by atoms with Crippen molar-refractivity contribution in [2.75, 3.05) is 19.0 Å². The molecule has 0 amide bonds. The van der Waals surface area contributed by atoms with Gasteiger partial charge in [0.15, 0.2) is 15.6 Å². The molecule has 126 valence electrons. The van der Waals surface area contributed by atoms with Crippen LogP contribution in [0.2, 0.25) is 0 Å². The molecule has 0 saturated carbocycles. The Kier molecular flexibility index (Phi) is 3.40. The van der Waals surface area contributed by atoms with Gasteiger partial charge in [0.1, 0.15) is 0 Å². The first-order valence-electron chi connectivity index (χ1n) is 8.11. The van der Waals surface area contributed by atoms with Crippen molar-refractivity contribution in [1.29, 1.82) is 0 Å². The number of hydrogen-bond donors (Lipinski definition) is 0. The predicted octanol–water partition coefficient (Wildman–Crippen LogP) is 2.31. The monoisotopic (exact) mass is 338 g/mol. The van der Waals surface area contributed by atoms with Crippen molar-refractivity contribution in [2.45, 2.75) is 54.5 Å². The topological polar surface area (TPSA) is 61.8 Å². The molecular weight excluding hydrogens is 316 g/mol. The van der Waals surface area contributed by atoms with E-state index in [2.05, 4.69) is 0 Å². The number of benzene rings is 1. The van der Waals surface area contributed by atoms with Crippen molar-refractivity contribution < 1.29 is 22.6 Å². The summed E-state index contributed by atoms with van der Waals surface area (Å²) < 4.78 is 43.7. The van der Waals surface area contributed by atoms with Crippen LogP contribution in [0.5, 0.6) is 0 Å². The van der Waals surface area contributed by atoms with Crippen LogP contribution in [0.15, 0.2) is 35.2 Å². The molecule has 0 unspecified atom stereocenters. The van der Waals surface area contributed by atoms with Gasteiger partial charge in [0.2, 0.25) is 0 Å². The van der Waals surface area contributed by atoms with Gasteiger partial charge in [-0.25, -0.2) is 8.42 Å². The second-order valence-electron chi connectivity index (χ2n) is 7.27. The highest BCUT2D eigenvalue weighted by atomic mass is 32.2. The fourth-order valence-electron chi connectivity index (χ4n) is 4.40. The first kappa shape index (κ1) is 15.6. The highest BCUT2D eigenvalue weighted by Crippen LogP contribution is 2.54. The van der Waals surface area contributed by atoms with Gasteiger partial charge in [0.25, 0.3) is 0 Å². The number of sulfone groups is 1. The third-order valence-corrected chi connectivity index (χ3v) is 7.07. The van der Waals surface area contributed by atoms with Gasteiger partial charge in [-0.3, -0.25) is 0 Å². The zero-order valence-electron chi connectivity index (χ0n) is 13.3. The Hall–Kier alpha value is -0.950. The molecule has 5 nitrogen and oxygen atoms in total. The Morgan fingerprint density at radius 2 is 1.74 bits per heavy atom. The van der Waals surface area contributed by atoms with E-state index in [-0.39, 0.29) is 11.4 Å².